The summed E-state index contributed by atoms with van der Waals surface area (Å²) in [5.74, 6) is 0.640. The van der Waals surface area contributed by atoms with Crippen molar-refractivity contribution >= 4 is 5.91 Å². The third-order valence-electron chi connectivity index (χ3n) is 5.42. The van der Waals surface area contributed by atoms with Gasteiger partial charge in [-0.1, -0.05) is 54.1 Å². The Balaban J connectivity index is 1.71. The lowest BCUT2D eigenvalue weighted by Gasteiger charge is -2.13. The van der Waals surface area contributed by atoms with E-state index in [1.807, 2.05) is 55.5 Å². The first kappa shape index (κ1) is 21.3. The van der Waals surface area contributed by atoms with Crippen molar-refractivity contribution in [1.82, 2.24) is 10.3 Å². The van der Waals surface area contributed by atoms with Crippen LogP contribution < -0.4 is 10.1 Å². The van der Waals surface area contributed by atoms with Crippen molar-refractivity contribution < 1.29 is 9.53 Å². The van der Waals surface area contributed by atoms with Crippen molar-refractivity contribution in [1.29, 1.82) is 0 Å². The molecule has 0 aliphatic carbocycles. The summed E-state index contributed by atoms with van der Waals surface area (Å²) in [5, 5.41) is 3.02. The van der Waals surface area contributed by atoms with Gasteiger partial charge in [-0.2, -0.15) is 0 Å². The van der Waals surface area contributed by atoms with Crippen LogP contribution in [0.4, 0.5) is 0 Å². The predicted molar refractivity (Wildman–Crippen MR) is 129 cm³/mol. The standard InChI is InChI=1S/C28H26N2O2/c1-19-8-12-22(13-9-19)23-14-24(26-6-4-5-7-27(26)32-3)16-25(15-23)28(31)30-18-21-11-10-20(2)29-17-21/h4-17H,18H2,1-3H3,(H,30,31). The molecule has 160 valence electrons. The number of hydrogen-bond donors (Lipinski definition) is 1. The molecule has 0 radical (unpaired) electrons. The van der Waals surface area contributed by atoms with E-state index >= 15 is 0 Å². The second-order valence-corrected chi connectivity index (χ2v) is 7.86. The lowest BCUT2D eigenvalue weighted by Crippen LogP contribution is -2.23. The largest absolute Gasteiger partial charge is 0.496 e. The topological polar surface area (TPSA) is 51.2 Å². The number of nitrogens with zero attached hydrogens (tertiary/aromatic N) is 1. The van der Waals surface area contributed by atoms with Gasteiger partial charge in [0.1, 0.15) is 5.75 Å². The Morgan fingerprint density at radius 2 is 1.62 bits per heavy atom. The third-order valence-corrected chi connectivity index (χ3v) is 5.42. The molecule has 0 saturated carbocycles. The minimum absolute atomic E-state index is 0.129. The van der Waals surface area contributed by atoms with Crippen molar-refractivity contribution in [2.24, 2.45) is 0 Å². The molecule has 0 aliphatic rings. The molecule has 1 N–H and O–H groups in total. The van der Waals surface area contributed by atoms with E-state index in [0.717, 1.165) is 39.3 Å². The minimum Gasteiger partial charge on any atom is -0.496 e. The first-order chi connectivity index (χ1) is 15.5. The van der Waals surface area contributed by atoms with Crippen LogP contribution in [0.25, 0.3) is 22.3 Å². The molecule has 0 bridgehead atoms. The van der Waals surface area contributed by atoms with Gasteiger partial charge in [0.2, 0.25) is 0 Å². The highest BCUT2D eigenvalue weighted by Gasteiger charge is 2.13. The summed E-state index contributed by atoms with van der Waals surface area (Å²) >= 11 is 0. The Bertz CT molecular complexity index is 1230. The molecule has 0 fully saturated rings. The number of carbonyl (C=O) groups excluding carboxylic acids is 1. The zero-order valence-electron chi connectivity index (χ0n) is 18.6. The van der Waals surface area contributed by atoms with E-state index in [0.29, 0.717) is 12.1 Å². The van der Waals surface area contributed by atoms with Gasteiger partial charge in [0.15, 0.2) is 0 Å². The molecule has 0 spiro atoms. The number of benzene rings is 3. The average Bonchev–Trinajstić information content (AvgIpc) is 2.83. The highest BCUT2D eigenvalue weighted by atomic mass is 16.5. The molecule has 4 heteroatoms. The SMILES string of the molecule is COc1ccccc1-c1cc(C(=O)NCc2ccc(C)nc2)cc(-c2ccc(C)cc2)c1. The lowest BCUT2D eigenvalue weighted by atomic mass is 9.95. The monoisotopic (exact) mass is 422 g/mol. The van der Waals surface area contributed by atoms with Crippen molar-refractivity contribution in [3.8, 4) is 28.0 Å². The Morgan fingerprint density at radius 1 is 0.875 bits per heavy atom. The van der Waals surface area contributed by atoms with E-state index in [-0.39, 0.29) is 5.91 Å². The van der Waals surface area contributed by atoms with Gasteiger partial charge < -0.3 is 10.1 Å². The Kier molecular flexibility index (Phi) is 6.31. The summed E-state index contributed by atoms with van der Waals surface area (Å²) in [5.41, 5.74) is 7.63. The second-order valence-electron chi connectivity index (χ2n) is 7.86. The number of hydrogen-bond acceptors (Lipinski definition) is 3. The predicted octanol–water partition coefficient (Wildman–Crippen LogP) is 5.97. The van der Waals surface area contributed by atoms with Gasteiger partial charge >= 0.3 is 0 Å². The fourth-order valence-electron chi connectivity index (χ4n) is 3.60. The van der Waals surface area contributed by atoms with Crippen LogP contribution in [-0.2, 0) is 6.54 Å². The molecule has 3 aromatic carbocycles. The number of methoxy groups -OCH3 is 1. The van der Waals surface area contributed by atoms with E-state index in [2.05, 4.69) is 47.6 Å². The maximum absolute atomic E-state index is 13.1. The fourth-order valence-corrected chi connectivity index (χ4v) is 3.60. The van der Waals surface area contributed by atoms with Gasteiger partial charge in [-0.05, 0) is 66.4 Å². The van der Waals surface area contributed by atoms with E-state index in [1.54, 1.807) is 13.3 Å². The Hall–Kier alpha value is -3.92. The molecule has 1 amide bonds. The van der Waals surface area contributed by atoms with E-state index in [1.165, 1.54) is 5.56 Å². The van der Waals surface area contributed by atoms with Gasteiger partial charge in [-0.15, -0.1) is 0 Å². The maximum atomic E-state index is 13.1. The van der Waals surface area contributed by atoms with E-state index < -0.39 is 0 Å². The van der Waals surface area contributed by atoms with Gasteiger partial charge in [0.25, 0.3) is 5.91 Å². The number of para-hydroxylation sites is 1. The fraction of sp³-hybridized carbons (Fsp3) is 0.143. The normalized spacial score (nSPS) is 10.6. The molecular weight excluding hydrogens is 396 g/mol. The van der Waals surface area contributed by atoms with E-state index in [9.17, 15) is 4.79 Å². The summed E-state index contributed by atoms with van der Waals surface area (Å²) in [6.07, 6.45) is 1.79. The van der Waals surface area contributed by atoms with Crippen molar-refractivity contribution in [2.75, 3.05) is 7.11 Å². The first-order valence-electron chi connectivity index (χ1n) is 10.6. The highest BCUT2D eigenvalue weighted by Crippen LogP contribution is 2.34. The minimum atomic E-state index is -0.129. The quantitative estimate of drug-likeness (QED) is 0.416. The van der Waals surface area contributed by atoms with Crippen molar-refractivity contribution in [3.05, 3.63) is 107 Å². The molecule has 0 aliphatic heterocycles. The maximum Gasteiger partial charge on any atom is 0.251 e. The number of aryl methyl sites for hydroxylation is 2. The summed E-state index contributed by atoms with van der Waals surface area (Å²) < 4.78 is 5.57. The zero-order valence-corrected chi connectivity index (χ0v) is 18.6. The highest BCUT2D eigenvalue weighted by molar-refractivity contribution is 5.97. The van der Waals surface area contributed by atoms with Crippen LogP contribution in [0.3, 0.4) is 0 Å². The summed E-state index contributed by atoms with van der Waals surface area (Å²) in [6.45, 7) is 4.43. The van der Waals surface area contributed by atoms with Gasteiger partial charge in [0.05, 0.1) is 7.11 Å². The number of ether oxygens (including phenoxy) is 1. The average molecular weight is 423 g/mol. The number of rotatable bonds is 6. The van der Waals surface area contributed by atoms with Crippen LogP contribution >= 0.6 is 0 Å². The molecule has 1 heterocycles. The molecule has 4 rings (SSSR count). The zero-order chi connectivity index (χ0) is 22.5. The molecule has 0 unspecified atom stereocenters. The van der Waals surface area contributed by atoms with Crippen molar-refractivity contribution in [2.45, 2.75) is 20.4 Å². The number of amides is 1. The van der Waals surface area contributed by atoms with Gasteiger partial charge in [0, 0.05) is 29.6 Å². The molecule has 32 heavy (non-hydrogen) atoms. The molecular formula is C28H26N2O2. The van der Waals surface area contributed by atoms with Crippen molar-refractivity contribution in [3.63, 3.8) is 0 Å². The van der Waals surface area contributed by atoms with Crippen LogP contribution in [0.15, 0.2) is 85.1 Å². The Morgan fingerprint density at radius 3 is 2.34 bits per heavy atom. The number of carbonyl (C=O) groups is 1. The van der Waals surface area contributed by atoms with Crippen LogP contribution in [0.2, 0.25) is 0 Å². The first-order valence-corrected chi connectivity index (χ1v) is 10.6. The van der Waals surface area contributed by atoms with Crippen LogP contribution in [-0.4, -0.2) is 18.0 Å². The molecule has 1 aromatic heterocycles. The molecule has 4 nitrogen and oxygen atoms in total. The van der Waals surface area contributed by atoms with E-state index in [4.69, 9.17) is 4.74 Å². The number of pyridine rings is 1. The summed E-state index contributed by atoms with van der Waals surface area (Å²) in [7, 11) is 1.66. The summed E-state index contributed by atoms with van der Waals surface area (Å²) in [6, 6.07) is 26.0. The second kappa shape index (κ2) is 9.48. The molecule has 0 saturated heterocycles. The Labute approximate surface area is 188 Å². The number of nitrogens with one attached hydrogen (secondary N) is 1. The lowest BCUT2D eigenvalue weighted by molar-refractivity contribution is 0.0951. The van der Waals surface area contributed by atoms with Crippen LogP contribution in [0.5, 0.6) is 5.75 Å². The number of aromatic nitrogens is 1. The van der Waals surface area contributed by atoms with Gasteiger partial charge in [-0.25, -0.2) is 0 Å². The van der Waals surface area contributed by atoms with Crippen LogP contribution in [0, 0.1) is 13.8 Å². The molecule has 4 aromatic rings. The van der Waals surface area contributed by atoms with Crippen LogP contribution in [0.1, 0.15) is 27.2 Å². The molecule has 0 atom stereocenters. The smallest absolute Gasteiger partial charge is 0.251 e. The van der Waals surface area contributed by atoms with Gasteiger partial charge in [-0.3, -0.25) is 9.78 Å². The summed E-state index contributed by atoms with van der Waals surface area (Å²) in [4.78, 5) is 17.4. The third kappa shape index (κ3) is 4.86.